The molecule has 3 nitrogen and oxygen atoms in total. The molecule has 3 rings (SSSR count). The molecule has 5 heteroatoms. The van der Waals surface area contributed by atoms with Crippen LogP contribution in [0.25, 0.3) is 0 Å². The number of guanidine groups is 1. The van der Waals surface area contributed by atoms with Gasteiger partial charge in [0.2, 0.25) is 0 Å². The molecular formula is C13H15Cl2N3. The molecule has 0 saturated heterocycles. The summed E-state index contributed by atoms with van der Waals surface area (Å²) >= 11 is 12.3. The predicted octanol–water partition coefficient (Wildman–Crippen LogP) is 3.68. The van der Waals surface area contributed by atoms with Crippen LogP contribution in [0.4, 0.5) is 5.69 Å². The quantitative estimate of drug-likeness (QED) is 0.825. The fourth-order valence-corrected chi connectivity index (χ4v) is 3.11. The fraction of sp³-hybridized carbons (Fsp3) is 0.462. The Labute approximate surface area is 117 Å². The molecule has 96 valence electrons. The molecule has 18 heavy (non-hydrogen) atoms. The van der Waals surface area contributed by atoms with E-state index in [1.807, 2.05) is 18.2 Å². The van der Waals surface area contributed by atoms with Crippen molar-refractivity contribution in [3.8, 4) is 0 Å². The summed E-state index contributed by atoms with van der Waals surface area (Å²) in [7, 11) is 0. The van der Waals surface area contributed by atoms with E-state index in [2.05, 4.69) is 15.6 Å². The minimum Gasteiger partial charge on any atom is -0.351 e. The highest BCUT2D eigenvalue weighted by molar-refractivity contribution is 6.39. The van der Waals surface area contributed by atoms with E-state index < -0.39 is 0 Å². The summed E-state index contributed by atoms with van der Waals surface area (Å²) in [6, 6.07) is 6.35. The smallest absolute Gasteiger partial charge is 0.196 e. The second-order valence-electron chi connectivity index (χ2n) is 4.80. The largest absolute Gasteiger partial charge is 0.351 e. The third-order valence-corrected chi connectivity index (χ3v) is 4.18. The standard InChI is InChI=1S/C13H15Cl2N3/c14-8-4-3-5-9(15)12(8)18-13-16-10-6-1-2-7-11(10)17-13/h3-5,10-11H,1-2,6-7H2,(H2,16,17,18)/t10-,11-/m1/s1. The van der Waals surface area contributed by atoms with E-state index in [1.165, 1.54) is 25.7 Å². The number of anilines is 1. The molecule has 1 aromatic rings. The molecule has 1 aromatic carbocycles. The van der Waals surface area contributed by atoms with Crippen molar-refractivity contribution in [1.82, 2.24) is 5.32 Å². The average molecular weight is 284 g/mol. The van der Waals surface area contributed by atoms with Gasteiger partial charge in [-0.2, -0.15) is 0 Å². The molecule has 0 aromatic heterocycles. The van der Waals surface area contributed by atoms with Gasteiger partial charge < -0.3 is 10.6 Å². The Hall–Kier alpha value is -0.930. The van der Waals surface area contributed by atoms with Gasteiger partial charge in [-0.3, -0.25) is 0 Å². The van der Waals surface area contributed by atoms with Crippen molar-refractivity contribution in [2.45, 2.75) is 37.8 Å². The van der Waals surface area contributed by atoms with Gasteiger partial charge in [0.05, 0.1) is 27.8 Å². The SMILES string of the molecule is Clc1cccc(Cl)c1NC1=N[C@@H]2CCCC[C@H]2N1. The highest BCUT2D eigenvalue weighted by Gasteiger charge is 2.31. The Balaban J connectivity index is 1.77. The molecule has 0 spiro atoms. The number of para-hydroxylation sites is 1. The predicted molar refractivity (Wildman–Crippen MR) is 76.7 cm³/mol. The first kappa shape index (κ1) is 12.1. The number of aliphatic imine (C=N–C) groups is 1. The van der Waals surface area contributed by atoms with E-state index in [1.54, 1.807) is 0 Å². The minimum atomic E-state index is 0.405. The third-order valence-electron chi connectivity index (χ3n) is 3.55. The van der Waals surface area contributed by atoms with Gasteiger partial charge >= 0.3 is 0 Å². The molecule has 0 unspecified atom stereocenters. The summed E-state index contributed by atoms with van der Waals surface area (Å²) in [5.74, 6) is 0.793. The lowest BCUT2D eigenvalue weighted by molar-refractivity contribution is 0.384. The lowest BCUT2D eigenvalue weighted by atomic mass is 9.92. The molecule has 0 bridgehead atoms. The molecule has 1 aliphatic heterocycles. The molecule has 0 radical (unpaired) electrons. The van der Waals surface area contributed by atoms with Crippen LogP contribution in [-0.2, 0) is 0 Å². The molecule has 0 amide bonds. The summed E-state index contributed by atoms with van der Waals surface area (Å²) in [4.78, 5) is 4.66. The van der Waals surface area contributed by atoms with Gasteiger partial charge in [0, 0.05) is 0 Å². The van der Waals surface area contributed by atoms with Crippen LogP contribution in [0.1, 0.15) is 25.7 Å². The molecule has 1 aliphatic carbocycles. The van der Waals surface area contributed by atoms with E-state index >= 15 is 0 Å². The minimum absolute atomic E-state index is 0.405. The lowest BCUT2D eigenvalue weighted by Crippen LogP contribution is -2.38. The number of hydrogen-bond acceptors (Lipinski definition) is 3. The van der Waals surface area contributed by atoms with Gasteiger partial charge in [-0.15, -0.1) is 0 Å². The van der Waals surface area contributed by atoms with E-state index in [0.29, 0.717) is 22.1 Å². The molecule has 1 saturated carbocycles. The first-order valence-corrected chi connectivity index (χ1v) is 7.05. The molecule has 1 fully saturated rings. The fourth-order valence-electron chi connectivity index (χ4n) is 2.62. The Morgan fingerprint density at radius 3 is 2.61 bits per heavy atom. The maximum Gasteiger partial charge on any atom is 0.196 e. The third kappa shape index (κ3) is 2.29. The summed E-state index contributed by atoms with van der Waals surface area (Å²) in [5.41, 5.74) is 0.728. The second kappa shape index (κ2) is 4.98. The van der Waals surface area contributed by atoms with Crippen molar-refractivity contribution in [2.24, 2.45) is 4.99 Å². The summed E-state index contributed by atoms with van der Waals surface area (Å²) in [5, 5.41) is 7.85. The first-order valence-electron chi connectivity index (χ1n) is 6.29. The van der Waals surface area contributed by atoms with Crippen LogP contribution in [0.3, 0.4) is 0 Å². The van der Waals surface area contributed by atoms with E-state index in [0.717, 1.165) is 11.6 Å². The van der Waals surface area contributed by atoms with Crippen molar-refractivity contribution >= 4 is 34.8 Å². The van der Waals surface area contributed by atoms with E-state index in [9.17, 15) is 0 Å². The van der Waals surface area contributed by atoms with Crippen LogP contribution >= 0.6 is 23.2 Å². The number of nitrogens with zero attached hydrogens (tertiary/aromatic N) is 1. The molecule has 1 heterocycles. The number of rotatable bonds is 1. The number of benzene rings is 1. The van der Waals surface area contributed by atoms with Gasteiger partial charge in [0.1, 0.15) is 0 Å². The normalized spacial score (nSPS) is 26.2. The Kier molecular flexibility index (Phi) is 3.35. The zero-order valence-electron chi connectivity index (χ0n) is 9.92. The van der Waals surface area contributed by atoms with Crippen molar-refractivity contribution in [3.05, 3.63) is 28.2 Å². The van der Waals surface area contributed by atoms with Crippen molar-refractivity contribution in [2.75, 3.05) is 5.32 Å². The van der Waals surface area contributed by atoms with Crippen LogP contribution in [0, 0.1) is 0 Å². The average Bonchev–Trinajstić information content (AvgIpc) is 2.76. The zero-order valence-corrected chi connectivity index (χ0v) is 11.4. The van der Waals surface area contributed by atoms with Gasteiger partial charge in [-0.1, -0.05) is 42.1 Å². The summed E-state index contributed by atoms with van der Waals surface area (Å²) in [6.45, 7) is 0. The van der Waals surface area contributed by atoms with E-state index in [-0.39, 0.29) is 0 Å². The van der Waals surface area contributed by atoms with Gasteiger partial charge in [0.15, 0.2) is 5.96 Å². The topological polar surface area (TPSA) is 36.4 Å². The Bertz CT molecular complexity index is 467. The maximum absolute atomic E-state index is 6.13. The van der Waals surface area contributed by atoms with Crippen LogP contribution < -0.4 is 10.6 Å². The highest BCUT2D eigenvalue weighted by atomic mass is 35.5. The number of nitrogens with one attached hydrogen (secondary N) is 2. The number of fused-ring (bicyclic) bond motifs is 1. The maximum atomic E-state index is 6.13. The molecular weight excluding hydrogens is 269 g/mol. The monoisotopic (exact) mass is 283 g/mol. The van der Waals surface area contributed by atoms with Crippen molar-refractivity contribution < 1.29 is 0 Å². The number of halogens is 2. The summed E-state index contributed by atoms with van der Waals surface area (Å²) in [6.07, 6.45) is 4.91. The van der Waals surface area contributed by atoms with Gasteiger partial charge in [0.25, 0.3) is 0 Å². The first-order chi connectivity index (χ1) is 8.74. The second-order valence-corrected chi connectivity index (χ2v) is 5.62. The zero-order chi connectivity index (χ0) is 12.5. The molecule has 2 aliphatic rings. The Morgan fingerprint density at radius 2 is 1.89 bits per heavy atom. The van der Waals surface area contributed by atoms with Crippen LogP contribution in [-0.4, -0.2) is 18.0 Å². The van der Waals surface area contributed by atoms with Gasteiger partial charge in [-0.25, -0.2) is 4.99 Å². The summed E-state index contributed by atoms with van der Waals surface area (Å²) < 4.78 is 0. The molecule has 2 N–H and O–H groups in total. The van der Waals surface area contributed by atoms with Crippen molar-refractivity contribution in [3.63, 3.8) is 0 Å². The lowest BCUT2D eigenvalue weighted by Gasteiger charge is -2.23. The molecule has 2 atom stereocenters. The Morgan fingerprint density at radius 1 is 1.17 bits per heavy atom. The van der Waals surface area contributed by atoms with Crippen LogP contribution in [0.15, 0.2) is 23.2 Å². The van der Waals surface area contributed by atoms with E-state index in [4.69, 9.17) is 23.2 Å². The number of hydrogen-bond donors (Lipinski definition) is 2. The van der Waals surface area contributed by atoms with Crippen LogP contribution in [0.5, 0.6) is 0 Å². The van der Waals surface area contributed by atoms with Crippen molar-refractivity contribution in [1.29, 1.82) is 0 Å². The van der Waals surface area contributed by atoms with Crippen LogP contribution in [0.2, 0.25) is 10.0 Å². The highest BCUT2D eigenvalue weighted by Crippen LogP contribution is 2.31. The van der Waals surface area contributed by atoms with Gasteiger partial charge in [-0.05, 0) is 25.0 Å².